The number of morpholine rings is 1. The normalized spacial score (nSPS) is 14.4. The highest BCUT2D eigenvalue weighted by molar-refractivity contribution is 7.97. The van der Waals surface area contributed by atoms with Crippen LogP contribution >= 0.6 is 11.9 Å². The molecule has 7 rings (SSSR count). The Bertz CT molecular complexity index is 2020. The Hall–Kier alpha value is -4.36. The summed E-state index contributed by atoms with van der Waals surface area (Å²) in [6.07, 6.45) is 0. The number of rotatable bonds is 6. The molecule has 2 aliphatic heterocycles. The lowest BCUT2D eigenvalue weighted by atomic mass is 9.93. The first kappa shape index (κ1) is 29.4. The summed E-state index contributed by atoms with van der Waals surface area (Å²) in [5, 5.41) is 5.60. The molecule has 3 aliphatic rings. The quantitative estimate of drug-likeness (QED) is 0.150. The van der Waals surface area contributed by atoms with Crippen LogP contribution in [0.4, 0.5) is 17.1 Å². The van der Waals surface area contributed by atoms with Crippen molar-refractivity contribution < 1.29 is 9.15 Å². The number of hydrogen-bond acceptors (Lipinski definition) is 6. The van der Waals surface area contributed by atoms with Gasteiger partial charge in [-0.15, -0.1) is 0 Å². The number of hydrogen-bond donors (Lipinski definition) is 1. The molecule has 1 aliphatic carbocycles. The van der Waals surface area contributed by atoms with E-state index in [1.807, 2.05) is 11.9 Å². The Morgan fingerprint density at radius 3 is 2.18 bits per heavy atom. The summed E-state index contributed by atoms with van der Waals surface area (Å²) in [5.41, 5.74) is 12.1. The van der Waals surface area contributed by atoms with Crippen LogP contribution in [0.15, 0.2) is 111 Å². The van der Waals surface area contributed by atoms with E-state index in [2.05, 4.69) is 134 Å². The van der Waals surface area contributed by atoms with Gasteiger partial charge in [0.15, 0.2) is 0 Å². The van der Waals surface area contributed by atoms with Crippen LogP contribution in [0.5, 0.6) is 0 Å². The molecule has 1 N–H and O–H groups in total. The number of anilines is 2. The molecular formula is C39H37N3O2S. The number of nitrogens with one attached hydrogen (secondary N) is 1. The molecule has 45 heavy (non-hydrogen) atoms. The number of fused-ring (bicyclic) bond motifs is 2. The maximum atomic E-state index is 6.74. The summed E-state index contributed by atoms with van der Waals surface area (Å²) in [6.45, 7) is 11.8. The molecule has 4 aromatic carbocycles. The van der Waals surface area contributed by atoms with E-state index in [-0.39, 0.29) is 0 Å². The van der Waals surface area contributed by atoms with Crippen molar-refractivity contribution in [2.45, 2.75) is 32.6 Å². The molecule has 2 heterocycles. The second-order valence-corrected chi connectivity index (χ2v) is 12.9. The van der Waals surface area contributed by atoms with Gasteiger partial charge in [-0.05, 0) is 97.8 Å². The average Bonchev–Trinajstić information content (AvgIpc) is 3.04. The van der Waals surface area contributed by atoms with Crippen LogP contribution in [0.25, 0.3) is 33.4 Å². The van der Waals surface area contributed by atoms with Crippen molar-refractivity contribution in [2.24, 2.45) is 4.99 Å². The molecule has 5 nitrogen and oxygen atoms in total. The third kappa shape index (κ3) is 6.01. The summed E-state index contributed by atoms with van der Waals surface area (Å²) >= 11 is 1.81. The van der Waals surface area contributed by atoms with Gasteiger partial charge >= 0.3 is 0 Å². The Balaban J connectivity index is 1.43. The van der Waals surface area contributed by atoms with Crippen LogP contribution < -0.4 is 10.7 Å². The van der Waals surface area contributed by atoms with Crippen molar-refractivity contribution in [2.75, 3.05) is 31.6 Å². The molecule has 0 radical (unpaired) electrons. The van der Waals surface area contributed by atoms with Gasteiger partial charge in [0.1, 0.15) is 11.3 Å². The number of para-hydroxylation sites is 2. The van der Waals surface area contributed by atoms with Crippen molar-refractivity contribution in [1.29, 1.82) is 0 Å². The first-order valence-electron chi connectivity index (χ1n) is 15.5. The maximum absolute atomic E-state index is 6.74. The monoisotopic (exact) mass is 611 g/mol. The van der Waals surface area contributed by atoms with Crippen molar-refractivity contribution in [3.63, 3.8) is 0 Å². The van der Waals surface area contributed by atoms with E-state index < -0.39 is 0 Å². The molecule has 0 spiro atoms. The van der Waals surface area contributed by atoms with Gasteiger partial charge < -0.3 is 14.5 Å². The zero-order valence-electron chi connectivity index (χ0n) is 26.2. The second-order valence-electron chi connectivity index (χ2n) is 11.7. The molecule has 6 heteroatoms. The maximum Gasteiger partial charge on any atom is 0.137 e. The fraction of sp³-hybridized carbons (Fsp3) is 0.205. The smallest absolute Gasteiger partial charge is 0.137 e. The molecule has 4 aromatic rings. The van der Waals surface area contributed by atoms with Crippen molar-refractivity contribution in [3.05, 3.63) is 125 Å². The van der Waals surface area contributed by atoms with Crippen LogP contribution in [0.1, 0.15) is 22.3 Å². The van der Waals surface area contributed by atoms with E-state index in [0.29, 0.717) is 0 Å². The van der Waals surface area contributed by atoms with Crippen molar-refractivity contribution in [1.82, 2.24) is 4.31 Å². The summed E-state index contributed by atoms with van der Waals surface area (Å²) < 4.78 is 14.8. The van der Waals surface area contributed by atoms with Gasteiger partial charge in [-0.1, -0.05) is 54.6 Å². The molecule has 1 fully saturated rings. The summed E-state index contributed by atoms with van der Waals surface area (Å²) in [7, 11) is 0. The summed E-state index contributed by atoms with van der Waals surface area (Å²) in [5.74, 6) is 0.806. The van der Waals surface area contributed by atoms with E-state index in [1.54, 1.807) is 0 Å². The molecule has 0 bridgehead atoms. The number of benzene rings is 5. The average molecular weight is 612 g/mol. The molecule has 0 amide bonds. The lowest BCUT2D eigenvalue weighted by molar-refractivity contribution is 0.0773. The minimum atomic E-state index is 0.758. The van der Waals surface area contributed by atoms with Gasteiger partial charge in [-0.25, -0.2) is 9.30 Å². The lowest BCUT2D eigenvalue weighted by Gasteiger charge is -2.26. The van der Waals surface area contributed by atoms with Crippen LogP contribution in [-0.2, 0) is 4.74 Å². The third-order valence-electron chi connectivity index (χ3n) is 8.49. The number of ether oxygens (including phenoxy) is 1. The van der Waals surface area contributed by atoms with E-state index in [0.717, 1.165) is 82.1 Å². The highest BCUT2D eigenvalue weighted by Crippen LogP contribution is 2.44. The van der Waals surface area contributed by atoms with Crippen molar-refractivity contribution in [3.8, 4) is 22.5 Å². The Morgan fingerprint density at radius 2 is 1.42 bits per heavy atom. The highest BCUT2D eigenvalue weighted by atomic mass is 32.2. The third-order valence-corrected chi connectivity index (χ3v) is 9.67. The predicted octanol–water partition coefficient (Wildman–Crippen LogP) is 9.75. The molecule has 0 saturated carbocycles. The van der Waals surface area contributed by atoms with Crippen molar-refractivity contribution >= 4 is 40.0 Å². The largest absolute Gasteiger partial charge is 0.456 e. The van der Waals surface area contributed by atoms with E-state index in [1.165, 1.54) is 27.1 Å². The fourth-order valence-electron chi connectivity index (χ4n) is 6.11. The van der Waals surface area contributed by atoms with E-state index in [9.17, 15) is 0 Å². The minimum absolute atomic E-state index is 0.758. The highest BCUT2D eigenvalue weighted by Gasteiger charge is 2.22. The van der Waals surface area contributed by atoms with Gasteiger partial charge in [-0.2, -0.15) is 0 Å². The first-order chi connectivity index (χ1) is 21.9. The van der Waals surface area contributed by atoms with Gasteiger partial charge in [0.2, 0.25) is 0 Å². The zero-order chi connectivity index (χ0) is 30.9. The van der Waals surface area contributed by atoms with Crippen LogP contribution in [0.3, 0.4) is 0 Å². The van der Waals surface area contributed by atoms with Gasteiger partial charge in [0, 0.05) is 58.0 Å². The van der Waals surface area contributed by atoms with Crippen LogP contribution in [-0.4, -0.2) is 30.6 Å². The summed E-state index contributed by atoms with van der Waals surface area (Å²) in [6, 6.07) is 34.2. The first-order valence-corrected chi connectivity index (χ1v) is 16.3. The predicted molar refractivity (Wildman–Crippen MR) is 187 cm³/mol. The summed E-state index contributed by atoms with van der Waals surface area (Å²) in [4.78, 5) is 6.28. The Labute approximate surface area is 269 Å². The molecule has 226 valence electrons. The Morgan fingerprint density at radius 1 is 0.711 bits per heavy atom. The topological polar surface area (TPSA) is 50.0 Å². The minimum Gasteiger partial charge on any atom is -0.456 e. The van der Waals surface area contributed by atoms with Crippen LogP contribution in [0.2, 0.25) is 0 Å². The molecule has 0 unspecified atom stereocenters. The Kier molecular flexibility index (Phi) is 8.19. The lowest BCUT2D eigenvalue weighted by Crippen LogP contribution is -2.30. The molecule has 0 atom stereocenters. The zero-order valence-corrected chi connectivity index (χ0v) is 27.0. The molecule has 1 saturated heterocycles. The van der Waals surface area contributed by atoms with E-state index in [4.69, 9.17) is 14.1 Å². The molecular weight excluding hydrogens is 575 g/mol. The van der Waals surface area contributed by atoms with E-state index >= 15 is 0 Å². The van der Waals surface area contributed by atoms with Gasteiger partial charge in [-0.3, -0.25) is 0 Å². The molecule has 0 aromatic heterocycles. The second kappa shape index (κ2) is 12.6. The standard InChI is InChI=1S/C39H37N3O2S/c1-25-9-7-10-26(2)38(25)40-29-15-17-31-34(23-29)44-35-24-30(41-39-27(3)11-8-12-28(39)4)16-18-32(35)37(31)33-13-5-6-14-36(33)45-42-19-21-43-22-20-42/h5-18,23-24,40H,19-22H2,1-4H3. The fourth-order valence-corrected chi connectivity index (χ4v) is 7.13. The number of nitrogens with zero attached hydrogens (tertiary/aromatic N) is 2. The van der Waals surface area contributed by atoms with Gasteiger partial charge in [0.05, 0.1) is 24.3 Å². The number of aryl methyl sites for hydroxylation is 4. The SMILES string of the molecule is Cc1cccc(C)c1N=c1ccc2c(-c3ccccc3SN3CCOCC3)c3ccc(Nc4c(C)cccc4C)cc3oc-2c1. The van der Waals surface area contributed by atoms with Gasteiger partial charge in [0.25, 0.3) is 0 Å². The van der Waals surface area contributed by atoms with Crippen LogP contribution in [0, 0.1) is 27.7 Å².